The van der Waals surface area contributed by atoms with Crippen LogP contribution in [0, 0.1) is 10.1 Å². The molecule has 0 fully saturated rings. The zero-order chi connectivity index (χ0) is 28.2. The van der Waals surface area contributed by atoms with Crippen LogP contribution in [0.1, 0.15) is 36.1 Å². The van der Waals surface area contributed by atoms with Crippen LogP contribution in [-0.2, 0) is 16.1 Å². The second kappa shape index (κ2) is 11.5. The number of esters is 1. The number of allylic oxidation sites excluding steroid dienone is 1. The van der Waals surface area contributed by atoms with Gasteiger partial charge < -0.3 is 9.47 Å². The average molecular weight is 556 g/mol. The van der Waals surface area contributed by atoms with Crippen LogP contribution in [0.5, 0.6) is 5.75 Å². The molecule has 0 unspecified atom stereocenters. The number of aromatic nitrogens is 1. The van der Waals surface area contributed by atoms with Crippen LogP contribution in [-0.4, -0.2) is 22.6 Å². The molecule has 4 aromatic rings. The van der Waals surface area contributed by atoms with Crippen molar-refractivity contribution in [3.63, 3.8) is 0 Å². The van der Waals surface area contributed by atoms with Crippen molar-refractivity contribution < 1.29 is 19.2 Å². The lowest BCUT2D eigenvalue weighted by Crippen LogP contribution is -2.40. The molecule has 3 aromatic carbocycles. The number of non-ortho nitro benzene ring substituents is 1. The minimum atomic E-state index is -0.647. The van der Waals surface area contributed by atoms with E-state index in [1.807, 2.05) is 49.4 Å². The van der Waals surface area contributed by atoms with Gasteiger partial charge in [-0.05, 0) is 41.3 Å². The quantitative estimate of drug-likeness (QED) is 0.182. The third-order valence-electron chi connectivity index (χ3n) is 6.47. The standard InChI is InChI=1S/C30H25N3O6S/c1-3-24-26(29(35)38-2)27(21-9-5-4-6-10-21)32-28(34)25(40-30(32)31-24)17-19-12-14-23(15-13-19)39-18-20-8-7-11-22(16-20)33(36)37/h4-17,27H,3,18H2,1-2H3/b25-17-/t27-/m0/s1. The van der Waals surface area contributed by atoms with Crippen molar-refractivity contribution in [1.82, 2.24) is 4.57 Å². The minimum absolute atomic E-state index is 0.0113. The lowest BCUT2D eigenvalue weighted by molar-refractivity contribution is -0.384. The molecule has 0 spiro atoms. The van der Waals surface area contributed by atoms with Crippen LogP contribution in [0.2, 0.25) is 0 Å². The average Bonchev–Trinajstić information content (AvgIpc) is 3.30. The van der Waals surface area contributed by atoms with Gasteiger partial charge in [0, 0.05) is 12.1 Å². The molecular weight excluding hydrogens is 530 g/mol. The van der Waals surface area contributed by atoms with Crippen molar-refractivity contribution in [1.29, 1.82) is 0 Å². The summed E-state index contributed by atoms with van der Waals surface area (Å²) in [5.74, 6) is 0.0777. The number of carbonyl (C=O) groups is 1. The molecular formula is C30H25N3O6S. The highest BCUT2D eigenvalue weighted by atomic mass is 32.1. The molecule has 10 heteroatoms. The highest BCUT2D eigenvalue weighted by molar-refractivity contribution is 7.07. The molecule has 0 N–H and O–H groups in total. The first-order valence-corrected chi connectivity index (χ1v) is 13.4. The van der Waals surface area contributed by atoms with Gasteiger partial charge in [-0.2, -0.15) is 0 Å². The van der Waals surface area contributed by atoms with Crippen molar-refractivity contribution in [2.45, 2.75) is 26.0 Å². The molecule has 1 atom stereocenters. The molecule has 5 rings (SSSR count). The summed E-state index contributed by atoms with van der Waals surface area (Å²) in [5.41, 5.74) is 2.98. The van der Waals surface area contributed by atoms with E-state index in [4.69, 9.17) is 9.47 Å². The van der Waals surface area contributed by atoms with E-state index in [0.29, 0.717) is 38.3 Å². The second-order valence-corrected chi connectivity index (χ2v) is 9.99. The molecule has 0 saturated carbocycles. The minimum Gasteiger partial charge on any atom is -0.489 e. The maximum absolute atomic E-state index is 13.7. The third-order valence-corrected chi connectivity index (χ3v) is 7.45. The Morgan fingerprint density at radius 2 is 1.85 bits per heavy atom. The molecule has 0 radical (unpaired) electrons. The first-order valence-electron chi connectivity index (χ1n) is 12.5. The van der Waals surface area contributed by atoms with Gasteiger partial charge >= 0.3 is 5.97 Å². The maximum Gasteiger partial charge on any atom is 0.338 e. The number of nitrogens with zero attached hydrogens (tertiary/aromatic N) is 3. The first-order chi connectivity index (χ1) is 19.4. The van der Waals surface area contributed by atoms with E-state index >= 15 is 0 Å². The highest BCUT2D eigenvalue weighted by Gasteiger charge is 2.33. The summed E-state index contributed by atoms with van der Waals surface area (Å²) < 4.78 is 12.9. The Morgan fingerprint density at radius 3 is 2.52 bits per heavy atom. The monoisotopic (exact) mass is 555 g/mol. The molecule has 1 aromatic heterocycles. The van der Waals surface area contributed by atoms with Crippen LogP contribution >= 0.6 is 11.3 Å². The van der Waals surface area contributed by atoms with E-state index in [1.54, 1.807) is 34.9 Å². The van der Waals surface area contributed by atoms with Gasteiger partial charge in [0.1, 0.15) is 12.4 Å². The summed E-state index contributed by atoms with van der Waals surface area (Å²) in [6.07, 6.45) is 2.29. The number of nitro benzene ring substituents is 1. The SMILES string of the molecule is CCC1=C(C(=O)OC)[C@H](c2ccccc2)n2c(s/c(=C\c3ccc(OCc4cccc([N+](=O)[O-])c4)cc3)c2=O)=N1. The van der Waals surface area contributed by atoms with Gasteiger partial charge in [-0.25, -0.2) is 9.79 Å². The summed E-state index contributed by atoms with van der Waals surface area (Å²) >= 11 is 1.27. The Bertz CT molecular complexity index is 1790. The van der Waals surface area contributed by atoms with Crippen LogP contribution in [0.4, 0.5) is 5.69 Å². The fourth-order valence-corrected chi connectivity index (χ4v) is 5.57. The number of methoxy groups -OCH3 is 1. The summed E-state index contributed by atoms with van der Waals surface area (Å²) in [4.78, 5) is 42.3. The topological polar surface area (TPSA) is 113 Å². The third kappa shape index (κ3) is 5.34. The normalized spacial score (nSPS) is 14.8. The Labute approximate surface area is 233 Å². The van der Waals surface area contributed by atoms with E-state index in [9.17, 15) is 19.7 Å². The molecule has 0 saturated heterocycles. The Morgan fingerprint density at radius 1 is 1.10 bits per heavy atom. The van der Waals surface area contributed by atoms with E-state index in [0.717, 1.165) is 11.1 Å². The number of hydrogen-bond acceptors (Lipinski definition) is 8. The van der Waals surface area contributed by atoms with Gasteiger partial charge in [-0.15, -0.1) is 0 Å². The van der Waals surface area contributed by atoms with E-state index in [1.165, 1.54) is 30.6 Å². The Kier molecular flexibility index (Phi) is 7.70. The molecule has 1 aliphatic rings. The smallest absolute Gasteiger partial charge is 0.338 e. The number of ether oxygens (including phenoxy) is 2. The van der Waals surface area contributed by atoms with Crippen LogP contribution < -0.4 is 19.6 Å². The fourth-order valence-electron chi connectivity index (χ4n) is 4.55. The number of nitro groups is 1. The first kappa shape index (κ1) is 26.8. The van der Waals surface area contributed by atoms with Crippen molar-refractivity contribution >= 4 is 29.1 Å². The second-order valence-electron chi connectivity index (χ2n) is 8.98. The largest absolute Gasteiger partial charge is 0.489 e. The summed E-state index contributed by atoms with van der Waals surface area (Å²) in [6, 6.07) is 22.2. The Balaban J connectivity index is 1.47. The Hall–Kier alpha value is -4.83. The number of fused-ring (bicyclic) bond motifs is 1. The van der Waals surface area contributed by atoms with E-state index in [2.05, 4.69) is 4.99 Å². The highest BCUT2D eigenvalue weighted by Crippen LogP contribution is 2.31. The lowest BCUT2D eigenvalue weighted by Gasteiger charge is -2.25. The number of carbonyl (C=O) groups excluding carboxylic acids is 1. The molecule has 202 valence electrons. The van der Waals surface area contributed by atoms with Gasteiger partial charge in [-0.3, -0.25) is 19.5 Å². The van der Waals surface area contributed by atoms with Gasteiger partial charge in [0.15, 0.2) is 4.80 Å². The van der Waals surface area contributed by atoms with Gasteiger partial charge in [0.2, 0.25) is 0 Å². The number of benzene rings is 3. The lowest BCUT2D eigenvalue weighted by atomic mass is 9.95. The maximum atomic E-state index is 13.7. The van der Waals surface area contributed by atoms with Crippen LogP contribution in [0.25, 0.3) is 6.08 Å². The molecule has 0 amide bonds. The summed E-state index contributed by atoms with van der Waals surface area (Å²) in [6.45, 7) is 2.10. The summed E-state index contributed by atoms with van der Waals surface area (Å²) in [5, 5.41) is 11.0. The fraction of sp³-hybridized carbons (Fsp3) is 0.167. The molecule has 9 nitrogen and oxygen atoms in total. The molecule has 0 bridgehead atoms. The number of hydrogen-bond donors (Lipinski definition) is 0. The molecule has 1 aliphatic heterocycles. The predicted molar refractivity (Wildman–Crippen MR) is 151 cm³/mol. The van der Waals surface area contributed by atoms with Crippen LogP contribution in [0.15, 0.2) is 99.9 Å². The van der Waals surface area contributed by atoms with E-state index < -0.39 is 16.9 Å². The van der Waals surface area contributed by atoms with Gasteiger partial charge in [0.25, 0.3) is 11.2 Å². The predicted octanol–water partition coefficient (Wildman–Crippen LogP) is 4.29. The molecule has 0 aliphatic carbocycles. The summed E-state index contributed by atoms with van der Waals surface area (Å²) in [7, 11) is 1.33. The molecule has 40 heavy (non-hydrogen) atoms. The van der Waals surface area contributed by atoms with Crippen molar-refractivity contribution in [3.8, 4) is 5.75 Å². The zero-order valence-corrected chi connectivity index (χ0v) is 22.6. The van der Waals surface area contributed by atoms with Crippen LogP contribution in [0.3, 0.4) is 0 Å². The van der Waals surface area contributed by atoms with Gasteiger partial charge in [-0.1, -0.05) is 72.9 Å². The van der Waals surface area contributed by atoms with Gasteiger partial charge in [0.05, 0.1) is 33.9 Å². The number of thiazole rings is 1. The van der Waals surface area contributed by atoms with Crippen molar-refractivity contribution in [3.05, 3.63) is 137 Å². The zero-order valence-electron chi connectivity index (χ0n) is 21.8. The number of rotatable bonds is 8. The van der Waals surface area contributed by atoms with Crippen molar-refractivity contribution in [2.24, 2.45) is 4.99 Å². The van der Waals surface area contributed by atoms with E-state index in [-0.39, 0.29) is 17.9 Å². The molecule has 2 heterocycles. The van der Waals surface area contributed by atoms with Crippen molar-refractivity contribution in [2.75, 3.05) is 7.11 Å².